The smallest absolute Gasteiger partial charge is 0.150 e. The molecule has 4 rings (SSSR count). The van der Waals surface area contributed by atoms with Gasteiger partial charge in [-0.1, -0.05) is 0 Å². The van der Waals surface area contributed by atoms with Gasteiger partial charge in [0, 0.05) is 43.7 Å². The van der Waals surface area contributed by atoms with Crippen molar-refractivity contribution in [2.75, 3.05) is 18.0 Å². The van der Waals surface area contributed by atoms with E-state index in [1.807, 2.05) is 49.8 Å². The normalized spacial score (nSPS) is 11.1. The van der Waals surface area contributed by atoms with E-state index < -0.39 is 0 Å². The van der Waals surface area contributed by atoms with Gasteiger partial charge in [-0.05, 0) is 50.2 Å². The molecule has 0 aliphatic rings. The number of hydrogen-bond acceptors (Lipinski definition) is 5. The second-order valence-electron chi connectivity index (χ2n) is 6.95. The molecule has 0 unspecified atom stereocenters. The number of carbonyl (C=O) groups is 1. The molecule has 0 amide bonds. The van der Waals surface area contributed by atoms with Crippen LogP contribution < -0.4 is 4.90 Å². The van der Waals surface area contributed by atoms with E-state index in [0.29, 0.717) is 12.1 Å². The summed E-state index contributed by atoms with van der Waals surface area (Å²) in [5.74, 6) is 1.77. The van der Waals surface area contributed by atoms with Crippen LogP contribution in [0.5, 0.6) is 0 Å². The van der Waals surface area contributed by atoms with E-state index in [1.165, 1.54) is 0 Å². The van der Waals surface area contributed by atoms with Gasteiger partial charge in [0.2, 0.25) is 0 Å². The largest absolute Gasteiger partial charge is 0.357 e. The Bertz CT molecular complexity index is 1140. The van der Waals surface area contributed by atoms with Crippen molar-refractivity contribution in [2.45, 2.75) is 20.4 Å². The number of nitrogens with zero attached hydrogens (tertiary/aromatic N) is 6. The highest BCUT2D eigenvalue weighted by Gasteiger charge is 2.15. The maximum Gasteiger partial charge on any atom is 0.150 e. The molecule has 148 valence electrons. The van der Waals surface area contributed by atoms with Gasteiger partial charge >= 0.3 is 0 Å². The van der Waals surface area contributed by atoms with Crippen LogP contribution in [0.4, 0.5) is 5.82 Å². The standard InChI is InChI=1S/C22H24N6O/c1-4-27(5-2)21-9-7-17(13-23-21)22-24-19-12-16(15-29)6-8-20(19)28(22)14-18-10-11-26(3)25-18/h6-13,15H,4-5,14H2,1-3H3. The van der Waals surface area contributed by atoms with Gasteiger partial charge in [-0.2, -0.15) is 5.10 Å². The number of aromatic nitrogens is 5. The SMILES string of the molecule is CCN(CC)c1ccc(-c2nc3cc(C=O)ccc3n2Cc2ccn(C)n2)cn1. The summed E-state index contributed by atoms with van der Waals surface area (Å²) in [5, 5.41) is 4.51. The molecule has 0 aliphatic carbocycles. The van der Waals surface area contributed by atoms with Gasteiger partial charge in [0.25, 0.3) is 0 Å². The molecule has 7 nitrogen and oxygen atoms in total. The van der Waals surface area contributed by atoms with Gasteiger partial charge < -0.3 is 9.47 Å². The summed E-state index contributed by atoms with van der Waals surface area (Å²) in [4.78, 5) is 22.9. The van der Waals surface area contributed by atoms with Gasteiger partial charge in [-0.15, -0.1) is 0 Å². The molecule has 3 aromatic heterocycles. The van der Waals surface area contributed by atoms with Crippen LogP contribution in [0.25, 0.3) is 22.4 Å². The average molecular weight is 388 g/mol. The zero-order chi connectivity index (χ0) is 20.4. The number of anilines is 1. The summed E-state index contributed by atoms with van der Waals surface area (Å²) in [6.45, 7) is 6.65. The molecule has 29 heavy (non-hydrogen) atoms. The quantitative estimate of drug-likeness (QED) is 0.453. The minimum absolute atomic E-state index is 0.588. The van der Waals surface area contributed by atoms with E-state index in [2.05, 4.69) is 39.5 Å². The summed E-state index contributed by atoms with van der Waals surface area (Å²) in [5.41, 5.74) is 4.24. The number of fused-ring (bicyclic) bond motifs is 1. The minimum atomic E-state index is 0.588. The molecule has 1 aromatic carbocycles. The summed E-state index contributed by atoms with van der Waals surface area (Å²) < 4.78 is 3.92. The molecule has 3 heterocycles. The van der Waals surface area contributed by atoms with Crippen molar-refractivity contribution in [1.82, 2.24) is 24.3 Å². The summed E-state index contributed by atoms with van der Waals surface area (Å²) in [6, 6.07) is 11.7. The second-order valence-corrected chi connectivity index (χ2v) is 6.95. The predicted octanol–water partition coefficient (Wildman–Crippen LogP) is 3.54. The molecule has 0 bridgehead atoms. The molecule has 0 spiro atoms. The fourth-order valence-electron chi connectivity index (χ4n) is 3.56. The maximum absolute atomic E-state index is 11.2. The molecule has 0 aliphatic heterocycles. The fourth-order valence-corrected chi connectivity index (χ4v) is 3.56. The molecule has 0 radical (unpaired) electrons. The van der Waals surface area contributed by atoms with Gasteiger partial charge in [0.1, 0.15) is 17.9 Å². The van der Waals surface area contributed by atoms with Gasteiger partial charge in [-0.3, -0.25) is 9.48 Å². The van der Waals surface area contributed by atoms with Crippen LogP contribution >= 0.6 is 0 Å². The number of benzene rings is 1. The Kier molecular flexibility index (Phi) is 5.12. The van der Waals surface area contributed by atoms with E-state index in [4.69, 9.17) is 4.98 Å². The fraction of sp³-hybridized carbons (Fsp3) is 0.273. The van der Waals surface area contributed by atoms with Crippen LogP contribution in [0.2, 0.25) is 0 Å². The van der Waals surface area contributed by atoms with Crippen molar-refractivity contribution in [3.63, 3.8) is 0 Å². The Morgan fingerprint density at radius 2 is 1.93 bits per heavy atom. The highest BCUT2D eigenvalue weighted by Crippen LogP contribution is 2.27. The third-order valence-corrected chi connectivity index (χ3v) is 5.09. The number of rotatable bonds is 7. The molecule has 0 N–H and O–H groups in total. The Hall–Kier alpha value is -3.48. The lowest BCUT2D eigenvalue weighted by Crippen LogP contribution is -2.22. The van der Waals surface area contributed by atoms with Gasteiger partial charge in [0.05, 0.1) is 23.3 Å². The monoisotopic (exact) mass is 388 g/mol. The first-order valence-corrected chi connectivity index (χ1v) is 9.78. The molecule has 0 saturated carbocycles. The van der Waals surface area contributed by atoms with Crippen LogP contribution in [0.1, 0.15) is 29.9 Å². The predicted molar refractivity (Wildman–Crippen MR) is 114 cm³/mol. The van der Waals surface area contributed by atoms with E-state index in [-0.39, 0.29) is 0 Å². The molecule has 7 heteroatoms. The van der Waals surface area contributed by atoms with E-state index in [1.54, 1.807) is 4.68 Å². The van der Waals surface area contributed by atoms with Crippen LogP contribution in [-0.4, -0.2) is 43.7 Å². The third-order valence-electron chi connectivity index (χ3n) is 5.09. The van der Waals surface area contributed by atoms with Crippen molar-refractivity contribution in [2.24, 2.45) is 7.05 Å². The van der Waals surface area contributed by atoms with Crippen molar-refractivity contribution in [1.29, 1.82) is 0 Å². The zero-order valence-corrected chi connectivity index (χ0v) is 16.9. The van der Waals surface area contributed by atoms with Crippen molar-refractivity contribution in [3.05, 3.63) is 60.0 Å². The lowest BCUT2D eigenvalue weighted by Gasteiger charge is -2.19. The number of imidazole rings is 1. The maximum atomic E-state index is 11.2. The Labute approximate surface area is 169 Å². The first kappa shape index (κ1) is 18.9. The second kappa shape index (κ2) is 7.87. The number of hydrogen-bond donors (Lipinski definition) is 0. The van der Waals surface area contributed by atoms with Crippen molar-refractivity contribution >= 4 is 23.1 Å². The lowest BCUT2D eigenvalue weighted by atomic mass is 10.2. The number of aryl methyl sites for hydroxylation is 1. The molecule has 0 fully saturated rings. The Morgan fingerprint density at radius 3 is 2.55 bits per heavy atom. The van der Waals surface area contributed by atoms with Crippen molar-refractivity contribution in [3.8, 4) is 11.4 Å². The van der Waals surface area contributed by atoms with Crippen LogP contribution in [0, 0.1) is 0 Å². The zero-order valence-electron chi connectivity index (χ0n) is 16.9. The van der Waals surface area contributed by atoms with Crippen molar-refractivity contribution < 1.29 is 4.79 Å². The van der Waals surface area contributed by atoms with Crippen LogP contribution in [-0.2, 0) is 13.6 Å². The highest BCUT2D eigenvalue weighted by atomic mass is 16.1. The lowest BCUT2D eigenvalue weighted by molar-refractivity contribution is 0.112. The van der Waals surface area contributed by atoms with E-state index >= 15 is 0 Å². The first-order valence-electron chi connectivity index (χ1n) is 9.78. The number of pyridine rings is 1. The molecule has 0 atom stereocenters. The van der Waals surface area contributed by atoms with Crippen LogP contribution in [0.15, 0.2) is 48.8 Å². The summed E-state index contributed by atoms with van der Waals surface area (Å²) in [7, 11) is 1.91. The molecular weight excluding hydrogens is 364 g/mol. The number of aldehydes is 1. The van der Waals surface area contributed by atoms with Gasteiger partial charge in [-0.25, -0.2) is 9.97 Å². The summed E-state index contributed by atoms with van der Waals surface area (Å²) >= 11 is 0. The number of carbonyl (C=O) groups excluding carboxylic acids is 1. The molecular formula is C22H24N6O. The Balaban J connectivity index is 1.81. The molecule has 4 aromatic rings. The average Bonchev–Trinajstić information content (AvgIpc) is 3.32. The van der Waals surface area contributed by atoms with E-state index in [0.717, 1.165) is 53.3 Å². The van der Waals surface area contributed by atoms with Crippen LogP contribution in [0.3, 0.4) is 0 Å². The van der Waals surface area contributed by atoms with Gasteiger partial charge in [0.15, 0.2) is 0 Å². The first-order chi connectivity index (χ1) is 14.1. The third kappa shape index (κ3) is 3.63. The minimum Gasteiger partial charge on any atom is -0.357 e. The summed E-state index contributed by atoms with van der Waals surface area (Å²) in [6.07, 6.45) is 4.64. The Morgan fingerprint density at radius 1 is 1.10 bits per heavy atom. The van der Waals surface area contributed by atoms with E-state index in [9.17, 15) is 4.79 Å². The highest BCUT2D eigenvalue weighted by molar-refractivity contribution is 5.87. The molecule has 0 saturated heterocycles. The topological polar surface area (TPSA) is 68.8 Å².